The summed E-state index contributed by atoms with van der Waals surface area (Å²) in [7, 11) is 1.70. The van der Waals surface area contributed by atoms with Gasteiger partial charge in [-0.2, -0.15) is 11.8 Å². The number of methoxy groups -OCH3 is 1. The maximum atomic E-state index is 6.13. The fourth-order valence-corrected chi connectivity index (χ4v) is 4.02. The Balaban J connectivity index is 2.12. The monoisotopic (exact) mass is 294 g/mol. The summed E-state index contributed by atoms with van der Waals surface area (Å²) in [5, 5.41) is 0. The Kier molecular flexibility index (Phi) is 5.35. The Morgan fingerprint density at radius 1 is 1.40 bits per heavy atom. The predicted octanol–water partition coefficient (Wildman–Crippen LogP) is 2.39. The molecule has 1 aromatic rings. The summed E-state index contributed by atoms with van der Waals surface area (Å²) in [6.45, 7) is 6.43. The summed E-state index contributed by atoms with van der Waals surface area (Å²) >= 11 is 2.05. The van der Waals surface area contributed by atoms with Crippen LogP contribution >= 0.6 is 11.8 Å². The van der Waals surface area contributed by atoms with Crippen molar-refractivity contribution >= 4 is 11.8 Å². The first-order chi connectivity index (χ1) is 9.59. The molecule has 0 amide bonds. The third-order valence-corrected chi connectivity index (χ3v) is 5.43. The van der Waals surface area contributed by atoms with E-state index in [1.165, 1.54) is 17.1 Å². The van der Waals surface area contributed by atoms with Crippen molar-refractivity contribution in [3.05, 3.63) is 29.8 Å². The molecule has 0 bridgehead atoms. The third-order valence-electron chi connectivity index (χ3n) is 4.24. The van der Waals surface area contributed by atoms with Crippen molar-refractivity contribution in [3.8, 4) is 5.75 Å². The zero-order valence-corrected chi connectivity index (χ0v) is 13.6. The van der Waals surface area contributed by atoms with E-state index in [0.717, 1.165) is 18.7 Å². The highest BCUT2D eigenvalue weighted by atomic mass is 32.2. The maximum Gasteiger partial charge on any atom is 0.118 e. The van der Waals surface area contributed by atoms with Gasteiger partial charge in [0, 0.05) is 36.2 Å². The van der Waals surface area contributed by atoms with Crippen LogP contribution in [0.4, 0.5) is 0 Å². The standard InChI is InChI=1S/C16H26N2OS/c1-13-11-20-9-8-18(13)16(2,12-17)10-14-4-6-15(19-3)7-5-14/h4-7,13H,8-12,17H2,1-3H3. The molecule has 1 saturated heterocycles. The summed E-state index contributed by atoms with van der Waals surface area (Å²) in [5.74, 6) is 3.33. The van der Waals surface area contributed by atoms with E-state index < -0.39 is 0 Å². The van der Waals surface area contributed by atoms with Crippen molar-refractivity contribution in [2.45, 2.75) is 31.8 Å². The van der Waals surface area contributed by atoms with E-state index in [0.29, 0.717) is 12.6 Å². The first kappa shape index (κ1) is 15.7. The zero-order chi connectivity index (χ0) is 14.6. The largest absolute Gasteiger partial charge is 0.497 e. The van der Waals surface area contributed by atoms with Crippen LogP contribution in [0.3, 0.4) is 0 Å². The van der Waals surface area contributed by atoms with Crippen molar-refractivity contribution in [2.24, 2.45) is 5.73 Å². The molecule has 0 spiro atoms. The first-order valence-corrected chi connectivity index (χ1v) is 8.42. The highest BCUT2D eigenvalue weighted by Crippen LogP contribution is 2.28. The van der Waals surface area contributed by atoms with Crippen molar-refractivity contribution in [1.82, 2.24) is 4.90 Å². The number of ether oxygens (including phenoxy) is 1. The van der Waals surface area contributed by atoms with Crippen LogP contribution in [0.5, 0.6) is 5.75 Å². The molecule has 2 rings (SSSR count). The van der Waals surface area contributed by atoms with Gasteiger partial charge in [-0.3, -0.25) is 4.90 Å². The molecular weight excluding hydrogens is 268 g/mol. The molecule has 0 radical (unpaired) electrons. The van der Waals surface area contributed by atoms with Gasteiger partial charge >= 0.3 is 0 Å². The molecule has 3 nitrogen and oxygen atoms in total. The van der Waals surface area contributed by atoms with Gasteiger partial charge < -0.3 is 10.5 Å². The van der Waals surface area contributed by atoms with E-state index in [2.05, 4.69) is 30.9 Å². The summed E-state index contributed by atoms with van der Waals surface area (Å²) in [6, 6.07) is 8.95. The van der Waals surface area contributed by atoms with Crippen LogP contribution in [0.2, 0.25) is 0 Å². The topological polar surface area (TPSA) is 38.5 Å². The van der Waals surface area contributed by atoms with Crippen molar-refractivity contribution in [3.63, 3.8) is 0 Å². The Morgan fingerprint density at radius 3 is 2.65 bits per heavy atom. The van der Waals surface area contributed by atoms with Crippen LogP contribution in [-0.2, 0) is 6.42 Å². The third kappa shape index (κ3) is 3.48. The average molecular weight is 294 g/mol. The Hall–Kier alpha value is -0.710. The van der Waals surface area contributed by atoms with Crippen LogP contribution in [-0.4, -0.2) is 48.2 Å². The van der Waals surface area contributed by atoms with Gasteiger partial charge in [-0.1, -0.05) is 12.1 Å². The summed E-state index contributed by atoms with van der Waals surface area (Å²) in [5.41, 5.74) is 7.49. The van der Waals surface area contributed by atoms with Gasteiger partial charge in [0.2, 0.25) is 0 Å². The number of nitrogens with two attached hydrogens (primary N) is 1. The molecule has 112 valence electrons. The predicted molar refractivity (Wildman–Crippen MR) is 87.7 cm³/mol. The molecule has 20 heavy (non-hydrogen) atoms. The van der Waals surface area contributed by atoms with Gasteiger partial charge in [0.1, 0.15) is 5.75 Å². The van der Waals surface area contributed by atoms with Crippen LogP contribution < -0.4 is 10.5 Å². The van der Waals surface area contributed by atoms with E-state index in [-0.39, 0.29) is 5.54 Å². The maximum absolute atomic E-state index is 6.13. The molecule has 0 aromatic heterocycles. The first-order valence-electron chi connectivity index (χ1n) is 7.26. The fraction of sp³-hybridized carbons (Fsp3) is 0.625. The summed E-state index contributed by atoms with van der Waals surface area (Å²) in [6.07, 6.45) is 0.989. The Labute approximate surface area is 126 Å². The van der Waals surface area contributed by atoms with E-state index in [1.807, 2.05) is 23.9 Å². The molecule has 1 aliphatic rings. The molecule has 2 atom stereocenters. The lowest BCUT2D eigenvalue weighted by molar-refractivity contribution is 0.0818. The van der Waals surface area contributed by atoms with Crippen LogP contribution in [0.1, 0.15) is 19.4 Å². The van der Waals surface area contributed by atoms with Gasteiger partial charge in [0.25, 0.3) is 0 Å². The smallest absolute Gasteiger partial charge is 0.118 e. The molecule has 1 heterocycles. The SMILES string of the molecule is COc1ccc(CC(C)(CN)N2CCSCC2C)cc1. The minimum atomic E-state index is 0.0367. The second-order valence-corrected chi connectivity index (χ2v) is 6.99. The quantitative estimate of drug-likeness (QED) is 0.905. The van der Waals surface area contributed by atoms with Crippen molar-refractivity contribution < 1.29 is 4.74 Å². The van der Waals surface area contributed by atoms with Gasteiger partial charge in [-0.25, -0.2) is 0 Å². The van der Waals surface area contributed by atoms with Crippen LogP contribution in [0.15, 0.2) is 24.3 Å². The zero-order valence-electron chi connectivity index (χ0n) is 12.8. The number of thioether (sulfide) groups is 1. The fourth-order valence-electron chi connectivity index (χ4n) is 3.00. The van der Waals surface area contributed by atoms with E-state index in [4.69, 9.17) is 10.5 Å². The van der Waals surface area contributed by atoms with Crippen molar-refractivity contribution in [1.29, 1.82) is 0 Å². The van der Waals surface area contributed by atoms with Gasteiger partial charge in [0.15, 0.2) is 0 Å². The number of hydrogen-bond donors (Lipinski definition) is 1. The van der Waals surface area contributed by atoms with E-state index in [1.54, 1.807) is 7.11 Å². The van der Waals surface area contributed by atoms with Gasteiger partial charge in [-0.05, 0) is 38.0 Å². The molecule has 2 N–H and O–H groups in total. The molecule has 1 fully saturated rings. The lowest BCUT2D eigenvalue weighted by Crippen LogP contribution is -2.59. The lowest BCUT2D eigenvalue weighted by Gasteiger charge is -2.46. The highest BCUT2D eigenvalue weighted by Gasteiger charge is 2.35. The molecule has 1 aliphatic heterocycles. The van der Waals surface area contributed by atoms with Gasteiger partial charge in [0.05, 0.1) is 7.11 Å². The molecule has 0 saturated carbocycles. The molecule has 2 unspecified atom stereocenters. The van der Waals surface area contributed by atoms with E-state index in [9.17, 15) is 0 Å². The summed E-state index contributed by atoms with van der Waals surface area (Å²) in [4.78, 5) is 2.59. The number of benzene rings is 1. The van der Waals surface area contributed by atoms with Crippen molar-refractivity contribution in [2.75, 3.05) is 31.7 Å². The second-order valence-electron chi connectivity index (χ2n) is 5.84. The molecular formula is C16H26N2OS. The summed E-state index contributed by atoms with van der Waals surface area (Å²) < 4.78 is 5.22. The minimum absolute atomic E-state index is 0.0367. The second kappa shape index (κ2) is 6.83. The number of nitrogens with zero attached hydrogens (tertiary/aromatic N) is 1. The lowest BCUT2D eigenvalue weighted by atomic mass is 9.89. The molecule has 0 aliphatic carbocycles. The Bertz CT molecular complexity index is 423. The average Bonchev–Trinajstić information content (AvgIpc) is 2.48. The number of rotatable bonds is 5. The molecule has 4 heteroatoms. The number of hydrogen-bond acceptors (Lipinski definition) is 4. The van der Waals surface area contributed by atoms with Gasteiger partial charge in [-0.15, -0.1) is 0 Å². The van der Waals surface area contributed by atoms with Crippen LogP contribution in [0.25, 0.3) is 0 Å². The highest BCUT2D eigenvalue weighted by molar-refractivity contribution is 7.99. The normalized spacial score (nSPS) is 23.3. The van der Waals surface area contributed by atoms with E-state index >= 15 is 0 Å². The molecule has 1 aromatic carbocycles. The Morgan fingerprint density at radius 2 is 2.10 bits per heavy atom. The minimum Gasteiger partial charge on any atom is -0.497 e. The van der Waals surface area contributed by atoms with Crippen LogP contribution in [0, 0.1) is 0 Å².